The topological polar surface area (TPSA) is 128 Å². The van der Waals surface area contributed by atoms with Crippen LogP contribution in [0.5, 0.6) is 17.2 Å². The normalized spacial score (nSPS) is 15.9. The predicted octanol–water partition coefficient (Wildman–Crippen LogP) is 3.66. The van der Waals surface area contributed by atoms with Crippen LogP contribution in [0.4, 0.5) is 0 Å². The maximum Gasteiger partial charge on any atom is 0.356 e. The van der Waals surface area contributed by atoms with E-state index >= 15 is 0 Å². The van der Waals surface area contributed by atoms with Gasteiger partial charge in [-0.15, -0.1) is 0 Å². The number of rotatable bonds is 12. The third-order valence-corrected chi connectivity index (χ3v) is 7.78. The standard InChI is InChI=1S/C28H34NO7P/c30-23-9-13-26(14-10-23)36-20-24(31)18-29-28(15-3-4-16-28)17-21-7-11-25(12-8-21)35-19-22-5-1-2-6-27(22)37(32,33)34/h1-2,5-14,24,29-31H,3-4,15-20H2,(H2,32,33,34). The Labute approximate surface area is 217 Å². The first-order chi connectivity index (χ1) is 17.7. The van der Waals surface area contributed by atoms with Gasteiger partial charge in [0.2, 0.25) is 0 Å². The maximum absolute atomic E-state index is 11.7. The minimum Gasteiger partial charge on any atom is -0.508 e. The first-order valence-corrected chi connectivity index (χ1v) is 14.0. The predicted molar refractivity (Wildman–Crippen MR) is 141 cm³/mol. The van der Waals surface area contributed by atoms with E-state index in [1.807, 2.05) is 24.3 Å². The van der Waals surface area contributed by atoms with Gasteiger partial charge < -0.3 is 34.8 Å². The molecule has 0 heterocycles. The van der Waals surface area contributed by atoms with Crippen molar-refractivity contribution in [1.29, 1.82) is 0 Å². The van der Waals surface area contributed by atoms with E-state index in [1.54, 1.807) is 42.5 Å². The lowest BCUT2D eigenvalue weighted by atomic mass is 9.89. The Bertz CT molecular complexity index is 1190. The Morgan fingerprint density at radius 1 is 0.892 bits per heavy atom. The minimum atomic E-state index is -4.37. The molecule has 1 aliphatic carbocycles. The molecule has 37 heavy (non-hydrogen) atoms. The van der Waals surface area contributed by atoms with Crippen LogP contribution in [0.25, 0.3) is 0 Å². The zero-order valence-electron chi connectivity index (χ0n) is 20.6. The molecule has 1 aliphatic rings. The van der Waals surface area contributed by atoms with Crippen LogP contribution in [0, 0.1) is 0 Å². The summed E-state index contributed by atoms with van der Waals surface area (Å²) >= 11 is 0. The summed E-state index contributed by atoms with van der Waals surface area (Å²) in [7, 11) is -4.37. The van der Waals surface area contributed by atoms with Gasteiger partial charge in [0.05, 0.1) is 5.30 Å². The van der Waals surface area contributed by atoms with E-state index in [9.17, 15) is 24.6 Å². The van der Waals surface area contributed by atoms with Crippen LogP contribution in [-0.2, 0) is 17.6 Å². The smallest absolute Gasteiger partial charge is 0.356 e. The van der Waals surface area contributed by atoms with E-state index in [0.29, 0.717) is 23.6 Å². The fourth-order valence-electron chi connectivity index (χ4n) is 4.77. The van der Waals surface area contributed by atoms with Gasteiger partial charge in [-0.05, 0) is 67.3 Å². The number of phenols is 1. The number of aromatic hydroxyl groups is 1. The zero-order chi connectivity index (χ0) is 26.3. The molecule has 0 bridgehead atoms. The van der Waals surface area contributed by atoms with Gasteiger partial charge >= 0.3 is 7.60 Å². The third-order valence-electron chi connectivity index (χ3n) is 6.72. The second kappa shape index (κ2) is 12.1. The Morgan fingerprint density at radius 3 is 2.19 bits per heavy atom. The number of ether oxygens (including phenoxy) is 2. The van der Waals surface area contributed by atoms with Crippen molar-refractivity contribution in [3.63, 3.8) is 0 Å². The van der Waals surface area contributed by atoms with Gasteiger partial charge in [-0.25, -0.2) is 0 Å². The highest BCUT2D eigenvalue weighted by Gasteiger charge is 2.34. The summed E-state index contributed by atoms with van der Waals surface area (Å²) < 4.78 is 23.1. The van der Waals surface area contributed by atoms with Crippen LogP contribution in [0.1, 0.15) is 36.8 Å². The highest BCUT2D eigenvalue weighted by Crippen LogP contribution is 2.35. The lowest BCUT2D eigenvalue weighted by Crippen LogP contribution is -2.48. The molecule has 4 rings (SSSR count). The summed E-state index contributed by atoms with van der Waals surface area (Å²) in [5.74, 6) is 1.39. The molecule has 3 aromatic rings. The minimum absolute atomic E-state index is 0.0171. The van der Waals surface area contributed by atoms with Gasteiger partial charge in [-0.3, -0.25) is 4.57 Å². The number of hydrogen-bond donors (Lipinski definition) is 5. The van der Waals surface area contributed by atoms with Crippen LogP contribution in [0.2, 0.25) is 0 Å². The van der Waals surface area contributed by atoms with Crippen molar-refractivity contribution in [2.45, 2.75) is 50.4 Å². The van der Waals surface area contributed by atoms with Gasteiger partial charge in [0.25, 0.3) is 0 Å². The summed E-state index contributed by atoms with van der Waals surface area (Å²) in [5, 5.41) is 23.4. The fourth-order valence-corrected chi connectivity index (χ4v) is 5.56. The Morgan fingerprint density at radius 2 is 1.51 bits per heavy atom. The molecule has 5 N–H and O–H groups in total. The summed E-state index contributed by atoms with van der Waals surface area (Å²) in [6.45, 7) is 0.638. The van der Waals surface area contributed by atoms with Crippen LogP contribution in [-0.4, -0.2) is 44.8 Å². The number of aliphatic hydroxyl groups is 1. The van der Waals surface area contributed by atoms with Crippen molar-refractivity contribution < 1.29 is 34.0 Å². The molecule has 0 aromatic heterocycles. The number of benzene rings is 3. The first kappa shape index (κ1) is 27.2. The molecule has 1 unspecified atom stereocenters. The molecule has 0 spiro atoms. The molecular weight excluding hydrogens is 493 g/mol. The molecule has 3 aromatic carbocycles. The number of β-amino-alcohol motifs (C(OH)–C–C–N with tert-alkyl or cyclic N) is 1. The highest BCUT2D eigenvalue weighted by molar-refractivity contribution is 7.60. The molecule has 0 saturated heterocycles. The van der Waals surface area contributed by atoms with Gasteiger partial charge in [-0.2, -0.15) is 0 Å². The second-order valence-corrected chi connectivity index (χ2v) is 11.2. The summed E-state index contributed by atoms with van der Waals surface area (Å²) in [6.07, 6.45) is 4.46. The highest BCUT2D eigenvalue weighted by atomic mass is 31.2. The monoisotopic (exact) mass is 527 g/mol. The molecule has 198 valence electrons. The Kier molecular flexibility index (Phi) is 8.90. The van der Waals surface area contributed by atoms with Crippen LogP contribution < -0.4 is 20.1 Å². The van der Waals surface area contributed by atoms with E-state index in [-0.39, 0.29) is 29.8 Å². The summed E-state index contributed by atoms with van der Waals surface area (Å²) in [5.41, 5.74) is 1.51. The molecule has 1 saturated carbocycles. The molecule has 0 amide bonds. The molecular formula is C28H34NO7P. The zero-order valence-corrected chi connectivity index (χ0v) is 21.5. The van der Waals surface area contributed by atoms with Crippen LogP contribution in [0.15, 0.2) is 72.8 Å². The number of aliphatic hydroxyl groups excluding tert-OH is 1. The number of phenolic OH excluding ortho intramolecular Hbond substituents is 1. The molecule has 8 nitrogen and oxygen atoms in total. The van der Waals surface area contributed by atoms with E-state index in [1.165, 1.54) is 6.07 Å². The summed E-state index contributed by atoms with van der Waals surface area (Å²) in [4.78, 5) is 19.1. The van der Waals surface area contributed by atoms with Gasteiger partial charge in [0.1, 0.15) is 36.6 Å². The van der Waals surface area contributed by atoms with E-state index < -0.39 is 13.7 Å². The third kappa shape index (κ3) is 7.81. The molecule has 1 atom stereocenters. The van der Waals surface area contributed by atoms with Gasteiger partial charge in [0, 0.05) is 17.6 Å². The largest absolute Gasteiger partial charge is 0.508 e. The summed E-state index contributed by atoms with van der Waals surface area (Å²) in [6, 6.07) is 20.6. The second-order valence-electron chi connectivity index (χ2n) is 9.61. The quantitative estimate of drug-likeness (QED) is 0.226. The van der Waals surface area contributed by atoms with Crippen molar-refractivity contribution in [3.8, 4) is 17.2 Å². The lowest BCUT2D eigenvalue weighted by Gasteiger charge is -2.32. The average molecular weight is 528 g/mol. The Balaban J connectivity index is 1.30. The van der Waals surface area contributed by atoms with E-state index in [0.717, 1.165) is 37.7 Å². The van der Waals surface area contributed by atoms with Gasteiger partial charge in [0.15, 0.2) is 0 Å². The number of nitrogens with one attached hydrogen (secondary N) is 1. The fraction of sp³-hybridized carbons (Fsp3) is 0.357. The number of hydrogen-bond acceptors (Lipinski definition) is 6. The maximum atomic E-state index is 11.7. The van der Waals surface area contributed by atoms with E-state index in [4.69, 9.17) is 9.47 Å². The molecule has 1 fully saturated rings. The van der Waals surface area contributed by atoms with Crippen molar-refractivity contribution >= 4 is 12.9 Å². The van der Waals surface area contributed by atoms with Crippen molar-refractivity contribution in [2.24, 2.45) is 0 Å². The van der Waals surface area contributed by atoms with Crippen molar-refractivity contribution in [2.75, 3.05) is 13.2 Å². The molecule has 9 heteroatoms. The Hall–Kier alpha value is -2.87. The van der Waals surface area contributed by atoms with E-state index in [2.05, 4.69) is 5.32 Å². The first-order valence-electron chi connectivity index (χ1n) is 12.4. The molecule has 0 radical (unpaired) electrons. The van der Waals surface area contributed by atoms with Crippen LogP contribution in [0.3, 0.4) is 0 Å². The van der Waals surface area contributed by atoms with Crippen LogP contribution >= 0.6 is 7.60 Å². The van der Waals surface area contributed by atoms with Crippen molar-refractivity contribution in [1.82, 2.24) is 5.32 Å². The molecule has 0 aliphatic heterocycles. The SMILES string of the molecule is O=P(O)(O)c1ccccc1COc1ccc(CC2(NCC(O)COc3ccc(O)cc3)CCCC2)cc1. The average Bonchev–Trinajstić information content (AvgIpc) is 3.35. The van der Waals surface area contributed by atoms with Gasteiger partial charge in [-0.1, -0.05) is 43.2 Å². The van der Waals surface area contributed by atoms with Crippen molar-refractivity contribution in [3.05, 3.63) is 83.9 Å². The lowest BCUT2D eigenvalue weighted by molar-refractivity contribution is 0.0963.